The summed E-state index contributed by atoms with van der Waals surface area (Å²) in [6.07, 6.45) is 1.11. The van der Waals surface area contributed by atoms with Gasteiger partial charge in [0.05, 0.1) is 0 Å². The van der Waals surface area contributed by atoms with Crippen LogP contribution in [0.3, 0.4) is 0 Å². The molecular formula is C22H25N3O3. The zero-order valence-corrected chi connectivity index (χ0v) is 16.3. The van der Waals surface area contributed by atoms with Crippen molar-refractivity contribution in [2.45, 2.75) is 39.3 Å². The van der Waals surface area contributed by atoms with E-state index < -0.39 is 12.0 Å². The molecule has 1 heterocycles. The number of carbonyl (C=O) groups excluding carboxylic acids is 2. The lowest BCUT2D eigenvalue weighted by atomic mass is 10.0. The third kappa shape index (κ3) is 4.71. The van der Waals surface area contributed by atoms with Gasteiger partial charge in [0.15, 0.2) is 6.10 Å². The third-order valence-electron chi connectivity index (χ3n) is 4.55. The summed E-state index contributed by atoms with van der Waals surface area (Å²) in [5.41, 5.74) is 7.02. The van der Waals surface area contributed by atoms with E-state index in [0.29, 0.717) is 11.7 Å². The van der Waals surface area contributed by atoms with Crippen molar-refractivity contribution in [1.29, 1.82) is 0 Å². The zero-order valence-electron chi connectivity index (χ0n) is 16.3. The Kier molecular flexibility index (Phi) is 5.99. The fraction of sp³-hybridized carbons (Fsp3) is 0.273. The summed E-state index contributed by atoms with van der Waals surface area (Å²) in [5, 5.41) is 1.06. The molecule has 1 atom stereocenters. The molecule has 3 rings (SSSR count). The lowest BCUT2D eigenvalue weighted by Crippen LogP contribution is -2.48. The number of hydrazine groups is 1. The van der Waals surface area contributed by atoms with E-state index in [1.54, 1.807) is 6.92 Å². The molecular weight excluding hydrogens is 354 g/mol. The number of hydrogen-bond acceptors (Lipinski definition) is 3. The smallest absolute Gasteiger partial charge is 0.279 e. The number of rotatable bonds is 6. The molecule has 6 nitrogen and oxygen atoms in total. The van der Waals surface area contributed by atoms with E-state index in [-0.39, 0.29) is 12.5 Å². The van der Waals surface area contributed by atoms with E-state index >= 15 is 0 Å². The number of nitrogens with zero attached hydrogens (tertiary/aromatic N) is 1. The average Bonchev–Trinajstić information content (AvgIpc) is 3.09. The molecule has 0 saturated carbocycles. The van der Waals surface area contributed by atoms with E-state index in [4.69, 9.17) is 4.74 Å². The Morgan fingerprint density at radius 3 is 2.39 bits per heavy atom. The van der Waals surface area contributed by atoms with Crippen LogP contribution in [0.25, 0.3) is 10.9 Å². The van der Waals surface area contributed by atoms with E-state index in [0.717, 1.165) is 10.9 Å². The second-order valence-corrected chi connectivity index (χ2v) is 7.02. The molecule has 0 radical (unpaired) electrons. The first-order valence-corrected chi connectivity index (χ1v) is 9.33. The van der Waals surface area contributed by atoms with E-state index in [2.05, 4.69) is 24.7 Å². The van der Waals surface area contributed by atoms with Crippen LogP contribution < -0.4 is 15.6 Å². The molecule has 0 saturated heterocycles. The van der Waals surface area contributed by atoms with Crippen LogP contribution in [0.2, 0.25) is 0 Å². The van der Waals surface area contributed by atoms with Gasteiger partial charge in [-0.1, -0.05) is 44.2 Å². The zero-order chi connectivity index (χ0) is 20.1. The lowest BCUT2D eigenvalue weighted by Gasteiger charge is -2.16. The normalized spacial score (nSPS) is 12.0. The highest BCUT2D eigenvalue weighted by Gasteiger charge is 2.16. The molecule has 0 fully saturated rings. The van der Waals surface area contributed by atoms with Crippen LogP contribution in [-0.4, -0.2) is 22.5 Å². The van der Waals surface area contributed by atoms with Gasteiger partial charge in [0.25, 0.3) is 11.8 Å². The quantitative estimate of drug-likeness (QED) is 0.645. The summed E-state index contributed by atoms with van der Waals surface area (Å²) in [7, 11) is 0. The molecule has 0 bridgehead atoms. The minimum Gasteiger partial charge on any atom is -0.481 e. The SMILES string of the molecule is CC(Oc1ccc(C(C)C)cc1)C(=O)NNC(=O)Cn1ccc2ccccc21. The summed E-state index contributed by atoms with van der Waals surface area (Å²) in [6, 6.07) is 17.4. The van der Waals surface area contributed by atoms with Gasteiger partial charge in [0.2, 0.25) is 0 Å². The van der Waals surface area contributed by atoms with Crippen LogP contribution in [-0.2, 0) is 16.1 Å². The molecule has 1 unspecified atom stereocenters. The van der Waals surface area contributed by atoms with Gasteiger partial charge < -0.3 is 9.30 Å². The summed E-state index contributed by atoms with van der Waals surface area (Å²) in [4.78, 5) is 24.3. The number of benzene rings is 2. The highest BCUT2D eigenvalue weighted by molar-refractivity contribution is 5.86. The van der Waals surface area contributed by atoms with Crippen LogP contribution in [0.15, 0.2) is 60.8 Å². The van der Waals surface area contributed by atoms with Crippen molar-refractivity contribution in [3.05, 3.63) is 66.4 Å². The molecule has 28 heavy (non-hydrogen) atoms. The van der Waals surface area contributed by atoms with Gasteiger partial charge in [0, 0.05) is 11.7 Å². The Morgan fingerprint density at radius 2 is 1.68 bits per heavy atom. The molecule has 2 amide bonds. The molecule has 6 heteroatoms. The molecule has 0 spiro atoms. The first-order chi connectivity index (χ1) is 13.4. The Balaban J connectivity index is 1.49. The number of aromatic nitrogens is 1. The van der Waals surface area contributed by atoms with Crippen LogP contribution in [0.5, 0.6) is 5.75 Å². The number of carbonyl (C=O) groups is 2. The van der Waals surface area contributed by atoms with Gasteiger partial charge in [-0.05, 0) is 48.1 Å². The standard InChI is InChI=1S/C22H25N3O3/c1-15(2)17-8-10-19(11-9-17)28-16(3)22(27)24-23-21(26)14-25-13-12-18-6-4-5-7-20(18)25/h4-13,15-16H,14H2,1-3H3,(H,23,26)(H,24,27). The second kappa shape index (κ2) is 8.61. The van der Waals surface area contributed by atoms with Crippen LogP contribution in [0, 0.1) is 0 Å². The Labute approximate surface area is 164 Å². The maximum absolute atomic E-state index is 12.2. The van der Waals surface area contributed by atoms with Gasteiger partial charge in [-0.2, -0.15) is 0 Å². The van der Waals surface area contributed by atoms with E-state index in [1.165, 1.54) is 5.56 Å². The average molecular weight is 379 g/mol. The highest BCUT2D eigenvalue weighted by Crippen LogP contribution is 2.19. The van der Waals surface area contributed by atoms with Crippen molar-refractivity contribution < 1.29 is 14.3 Å². The summed E-state index contributed by atoms with van der Waals surface area (Å²) >= 11 is 0. The summed E-state index contributed by atoms with van der Waals surface area (Å²) in [5.74, 6) is 0.307. The second-order valence-electron chi connectivity index (χ2n) is 7.02. The number of fused-ring (bicyclic) bond motifs is 1. The van der Waals surface area contributed by atoms with Crippen LogP contribution >= 0.6 is 0 Å². The first kappa shape index (κ1) is 19.5. The van der Waals surface area contributed by atoms with Crippen LogP contribution in [0.4, 0.5) is 0 Å². The van der Waals surface area contributed by atoms with Crippen molar-refractivity contribution in [2.24, 2.45) is 0 Å². The van der Waals surface area contributed by atoms with Crippen LogP contribution in [0.1, 0.15) is 32.3 Å². The third-order valence-corrected chi connectivity index (χ3v) is 4.55. The lowest BCUT2D eigenvalue weighted by molar-refractivity contribution is -0.132. The molecule has 0 aliphatic heterocycles. The topological polar surface area (TPSA) is 72.4 Å². The van der Waals surface area contributed by atoms with Crippen molar-refractivity contribution >= 4 is 22.7 Å². The van der Waals surface area contributed by atoms with Crippen molar-refractivity contribution in [2.75, 3.05) is 0 Å². The Hall–Kier alpha value is -3.28. The Bertz CT molecular complexity index is 961. The van der Waals surface area contributed by atoms with Crippen molar-refractivity contribution in [1.82, 2.24) is 15.4 Å². The predicted octanol–water partition coefficient (Wildman–Crippen LogP) is 3.38. The number of hydrogen-bond donors (Lipinski definition) is 2. The van der Waals surface area contributed by atoms with Crippen molar-refractivity contribution in [3.63, 3.8) is 0 Å². The largest absolute Gasteiger partial charge is 0.481 e. The highest BCUT2D eigenvalue weighted by atomic mass is 16.5. The number of ether oxygens (including phenoxy) is 1. The Morgan fingerprint density at radius 1 is 0.964 bits per heavy atom. The molecule has 0 aliphatic rings. The van der Waals surface area contributed by atoms with E-state index in [9.17, 15) is 9.59 Å². The maximum Gasteiger partial charge on any atom is 0.279 e. The summed E-state index contributed by atoms with van der Waals surface area (Å²) in [6.45, 7) is 5.98. The van der Waals surface area contributed by atoms with Gasteiger partial charge in [0.1, 0.15) is 12.3 Å². The molecule has 2 aromatic carbocycles. The maximum atomic E-state index is 12.2. The minimum absolute atomic E-state index is 0.111. The van der Waals surface area contributed by atoms with Gasteiger partial charge in [-0.15, -0.1) is 0 Å². The molecule has 0 aliphatic carbocycles. The van der Waals surface area contributed by atoms with Gasteiger partial charge in [-0.25, -0.2) is 0 Å². The van der Waals surface area contributed by atoms with Crippen molar-refractivity contribution in [3.8, 4) is 5.75 Å². The monoisotopic (exact) mass is 379 g/mol. The fourth-order valence-electron chi connectivity index (χ4n) is 2.89. The van der Waals surface area contributed by atoms with E-state index in [1.807, 2.05) is 65.4 Å². The fourth-order valence-corrected chi connectivity index (χ4v) is 2.89. The molecule has 1 aromatic heterocycles. The summed E-state index contributed by atoms with van der Waals surface area (Å²) < 4.78 is 7.46. The van der Waals surface area contributed by atoms with Gasteiger partial charge in [-0.3, -0.25) is 20.4 Å². The predicted molar refractivity (Wildman–Crippen MR) is 109 cm³/mol. The first-order valence-electron chi connectivity index (χ1n) is 9.33. The number of amides is 2. The molecule has 2 N–H and O–H groups in total. The van der Waals surface area contributed by atoms with Gasteiger partial charge >= 0.3 is 0 Å². The number of nitrogens with one attached hydrogen (secondary N) is 2. The molecule has 146 valence electrons. The molecule has 3 aromatic rings. The number of para-hydroxylation sites is 1. The minimum atomic E-state index is -0.738.